The highest BCUT2D eigenvalue weighted by atomic mass is 35.5. The van der Waals surface area contributed by atoms with Crippen molar-refractivity contribution in [3.05, 3.63) is 106 Å². The maximum Gasteiger partial charge on any atom is 0.295 e. The van der Waals surface area contributed by atoms with Crippen LogP contribution in [0.3, 0.4) is 0 Å². The first-order chi connectivity index (χ1) is 14.1. The summed E-state index contributed by atoms with van der Waals surface area (Å²) in [5, 5.41) is 11.5. The molecule has 144 valence electrons. The van der Waals surface area contributed by atoms with Crippen molar-refractivity contribution in [2.45, 2.75) is 12.6 Å². The summed E-state index contributed by atoms with van der Waals surface area (Å²) in [5.74, 6) is -1.54. The van der Waals surface area contributed by atoms with Crippen LogP contribution in [-0.2, 0) is 16.1 Å². The summed E-state index contributed by atoms with van der Waals surface area (Å²) in [7, 11) is 0. The molecule has 5 nitrogen and oxygen atoms in total. The summed E-state index contributed by atoms with van der Waals surface area (Å²) >= 11 is 6.02. The van der Waals surface area contributed by atoms with E-state index in [2.05, 4.69) is 4.98 Å². The summed E-state index contributed by atoms with van der Waals surface area (Å²) in [4.78, 5) is 30.3. The molecule has 1 aliphatic heterocycles. The van der Waals surface area contributed by atoms with E-state index in [0.717, 1.165) is 5.56 Å². The molecule has 0 radical (unpaired) electrons. The number of nitrogens with one attached hydrogen (secondary N) is 1. The molecule has 0 bridgehead atoms. The molecule has 3 aromatic rings. The Morgan fingerprint density at radius 2 is 1.72 bits per heavy atom. The van der Waals surface area contributed by atoms with E-state index in [4.69, 9.17) is 11.6 Å². The molecular formula is C23H18ClN2O3+. The van der Waals surface area contributed by atoms with E-state index in [1.165, 1.54) is 4.90 Å². The maximum atomic E-state index is 12.9. The molecule has 1 aromatic heterocycles. The second-order valence-corrected chi connectivity index (χ2v) is 7.19. The number of hydrogen-bond acceptors (Lipinski definition) is 3. The highest BCUT2D eigenvalue weighted by molar-refractivity contribution is 6.46. The fourth-order valence-electron chi connectivity index (χ4n) is 3.51. The Labute approximate surface area is 172 Å². The summed E-state index contributed by atoms with van der Waals surface area (Å²) in [6.07, 6.45) is 3.54. The van der Waals surface area contributed by atoms with Crippen molar-refractivity contribution in [2.75, 3.05) is 0 Å². The van der Waals surface area contributed by atoms with Crippen LogP contribution in [0, 0.1) is 0 Å². The van der Waals surface area contributed by atoms with Gasteiger partial charge in [-0.25, -0.2) is 4.98 Å². The number of aromatic nitrogens is 1. The number of benzene rings is 2. The van der Waals surface area contributed by atoms with Crippen molar-refractivity contribution >= 4 is 29.1 Å². The zero-order valence-corrected chi connectivity index (χ0v) is 16.1. The summed E-state index contributed by atoms with van der Waals surface area (Å²) in [6.45, 7) is 0.223. The molecule has 0 saturated carbocycles. The third-order valence-electron chi connectivity index (χ3n) is 4.90. The molecule has 29 heavy (non-hydrogen) atoms. The zero-order valence-electron chi connectivity index (χ0n) is 15.4. The lowest BCUT2D eigenvalue weighted by atomic mass is 9.95. The van der Waals surface area contributed by atoms with E-state index >= 15 is 0 Å². The largest absolute Gasteiger partial charge is 0.507 e. The Balaban J connectivity index is 1.86. The Morgan fingerprint density at radius 1 is 1.00 bits per heavy atom. The molecule has 4 rings (SSSR count). The fraction of sp³-hybridized carbons (Fsp3) is 0.0870. The smallest absolute Gasteiger partial charge is 0.295 e. The summed E-state index contributed by atoms with van der Waals surface area (Å²) < 4.78 is 0. The van der Waals surface area contributed by atoms with Gasteiger partial charge in [0.2, 0.25) is 0 Å². The molecule has 1 amide bonds. The average molecular weight is 406 g/mol. The molecule has 2 N–H and O–H groups in total. The number of hydrogen-bond donors (Lipinski definition) is 1. The summed E-state index contributed by atoms with van der Waals surface area (Å²) in [5.41, 5.74) is 2.10. The number of carbonyl (C=O) groups excluding carboxylic acids is 2. The molecule has 0 spiro atoms. The van der Waals surface area contributed by atoms with Crippen LogP contribution in [0.25, 0.3) is 5.76 Å². The van der Waals surface area contributed by atoms with Crippen LogP contribution in [-0.4, -0.2) is 21.7 Å². The van der Waals surface area contributed by atoms with E-state index < -0.39 is 17.7 Å². The number of aromatic amines is 1. The molecule has 2 aromatic carbocycles. The van der Waals surface area contributed by atoms with Gasteiger partial charge < -0.3 is 10.0 Å². The molecule has 1 atom stereocenters. The first-order valence-corrected chi connectivity index (χ1v) is 9.48. The maximum absolute atomic E-state index is 12.9. The van der Waals surface area contributed by atoms with Crippen molar-refractivity contribution in [1.82, 2.24) is 4.90 Å². The van der Waals surface area contributed by atoms with Crippen LogP contribution in [0.5, 0.6) is 0 Å². The fourth-order valence-corrected chi connectivity index (χ4v) is 3.64. The Hall–Kier alpha value is -3.44. The normalized spacial score (nSPS) is 18.2. The molecule has 1 unspecified atom stereocenters. The van der Waals surface area contributed by atoms with Crippen molar-refractivity contribution < 1.29 is 19.7 Å². The van der Waals surface area contributed by atoms with Crippen LogP contribution in [0.15, 0.2) is 84.7 Å². The van der Waals surface area contributed by atoms with Gasteiger partial charge in [0.05, 0.1) is 18.2 Å². The van der Waals surface area contributed by atoms with Crippen LogP contribution < -0.4 is 4.98 Å². The van der Waals surface area contributed by atoms with E-state index in [1.54, 1.807) is 60.9 Å². The standard InChI is InChI=1S/C23H17ClN2O3/c24-18-10-8-16(9-11-18)20-19(21(27)17-6-2-1-3-7-17)22(28)23(29)26(20)14-15-5-4-12-25-13-15/h1-13,20,27H,14H2/p+1. The highest BCUT2D eigenvalue weighted by Crippen LogP contribution is 2.40. The quantitative estimate of drug-likeness (QED) is 0.408. The van der Waals surface area contributed by atoms with Gasteiger partial charge >= 0.3 is 0 Å². The van der Waals surface area contributed by atoms with Crippen LogP contribution in [0.1, 0.15) is 22.7 Å². The first kappa shape index (κ1) is 18.9. The van der Waals surface area contributed by atoms with E-state index in [9.17, 15) is 14.7 Å². The van der Waals surface area contributed by atoms with Gasteiger partial charge in [-0.2, -0.15) is 0 Å². The van der Waals surface area contributed by atoms with Gasteiger partial charge in [0.15, 0.2) is 12.4 Å². The topological polar surface area (TPSA) is 71.8 Å². The van der Waals surface area contributed by atoms with Gasteiger partial charge in [0.25, 0.3) is 11.7 Å². The van der Waals surface area contributed by atoms with Crippen LogP contribution >= 0.6 is 11.6 Å². The third-order valence-corrected chi connectivity index (χ3v) is 5.15. The number of likely N-dealkylation sites (tertiary alicyclic amines) is 1. The van der Waals surface area contributed by atoms with Crippen molar-refractivity contribution in [3.8, 4) is 0 Å². The van der Waals surface area contributed by atoms with Gasteiger partial charge in [0.1, 0.15) is 5.76 Å². The van der Waals surface area contributed by atoms with Crippen LogP contribution in [0.4, 0.5) is 0 Å². The average Bonchev–Trinajstić information content (AvgIpc) is 3.00. The number of halogens is 1. The molecule has 1 saturated heterocycles. The monoisotopic (exact) mass is 405 g/mol. The van der Waals surface area contributed by atoms with Crippen molar-refractivity contribution in [3.63, 3.8) is 0 Å². The number of rotatable bonds is 4. The summed E-state index contributed by atoms with van der Waals surface area (Å²) in [6, 6.07) is 18.7. The minimum absolute atomic E-state index is 0.0726. The minimum atomic E-state index is -0.715. The Bertz CT molecular complexity index is 1080. The number of nitrogens with zero attached hydrogens (tertiary/aromatic N) is 1. The minimum Gasteiger partial charge on any atom is -0.507 e. The van der Waals surface area contributed by atoms with Crippen LogP contribution in [0.2, 0.25) is 5.02 Å². The second-order valence-electron chi connectivity index (χ2n) is 6.76. The van der Waals surface area contributed by atoms with Gasteiger partial charge in [0, 0.05) is 22.2 Å². The third kappa shape index (κ3) is 3.65. The molecule has 1 aliphatic rings. The number of pyridine rings is 1. The SMILES string of the molecule is O=C1C(=O)N(Cc2ccc[nH+]c2)C(c2ccc(Cl)cc2)C1=C(O)c1ccccc1. The van der Waals surface area contributed by atoms with E-state index in [-0.39, 0.29) is 17.9 Å². The molecule has 0 aliphatic carbocycles. The molecule has 2 heterocycles. The first-order valence-electron chi connectivity index (χ1n) is 9.10. The van der Waals surface area contributed by atoms with Crippen molar-refractivity contribution in [2.24, 2.45) is 0 Å². The number of aliphatic hydroxyl groups excluding tert-OH is 1. The molecule has 1 fully saturated rings. The Morgan fingerprint density at radius 3 is 2.38 bits per heavy atom. The number of amides is 1. The zero-order chi connectivity index (χ0) is 20.4. The van der Waals surface area contributed by atoms with Gasteiger partial charge in [-0.1, -0.05) is 54.1 Å². The van der Waals surface area contributed by atoms with Crippen molar-refractivity contribution in [1.29, 1.82) is 0 Å². The number of Topliss-reactive ketones (excluding diaryl/α,β-unsaturated/α-hetero) is 1. The lowest BCUT2D eigenvalue weighted by molar-refractivity contribution is -0.378. The number of carbonyl (C=O) groups is 2. The Kier molecular flexibility index (Phi) is 5.14. The molecule has 6 heteroatoms. The number of aliphatic hydroxyl groups is 1. The van der Waals surface area contributed by atoms with Gasteiger partial charge in [-0.05, 0) is 23.8 Å². The van der Waals surface area contributed by atoms with E-state index in [0.29, 0.717) is 16.1 Å². The second kappa shape index (κ2) is 7.89. The van der Waals surface area contributed by atoms with Gasteiger partial charge in [-0.15, -0.1) is 0 Å². The highest BCUT2D eigenvalue weighted by Gasteiger charge is 2.46. The van der Waals surface area contributed by atoms with E-state index in [1.807, 2.05) is 18.2 Å². The number of ketones is 1. The predicted octanol–water partition coefficient (Wildman–Crippen LogP) is 3.78. The lowest BCUT2D eigenvalue weighted by Crippen LogP contribution is -2.29. The molecular weight excluding hydrogens is 388 g/mol. The predicted molar refractivity (Wildman–Crippen MR) is 109 cm³/mol. The van der Waals surface area contributed by atoms with Gasteiger partial charge in [-0.3, -0.25) is 9.59 Å². The number of H-pyrrole nitrogens is 1. The lowest BCUT2D eigenvalue weighted by Gasteiger charge is -2.25.